The molecule has 114 valence electrons. The molecule has 5 nitrogen and oxygen atoms in total. The number of hydrogen-bond donors (Lipinski definition) is 2. The van der Waals surface area contributed by atoms with Crippen molar-refractivity contribution in [1.82, 2.24) is 0 Å². The van der Waals surface area contributed by atoms with Gasteiger partial charge in [-0.15, -0.1) is 0 Å². The Kier molecular flexibility index (Phi) is 4.62. The Bertz CT molecular complexity index is 748. The monoisotopic (exact) mass is 323 g/mol. The zero-order valence-corrected chi connectivity index (χ0v) is 12.1. The first-order valence-corrected chi connectivity index (χ1v) is 6.48. The summed E-state index contributed by atoms with van der Waals surface area (Å²) in [5.41, 5.74) is 0.447. The normalized spacial score (nSPS) is 10.1. The third-order valence-corrected chi connectivity index (χ3v) is 3.18. The lowest BCUT2D eigenvalue weighted by atomic mass is 10.1. The standard InChI is InChI=1S/C15H11ClFNO4/c1-22-13-6-8(2-5-12(13)17)14(19)18-9-3-4-10(15(20)21)11(16)7-9/h2-7H,1H3,(H,18,19)(H,20,21). The molecule has 0 atom stereocenters. The number of aromatic carboxylic acids is 1. The van der Waals surface area contributed by atoms with E-state index < -0.39 is 17.7 Å². The van der Waals surface area contributed by atoms with Gasteiger partial charge in [-0.05, 0) is 36.4 Å². The van der Waals surface area contributed by atoms with E-state index in [1.165, 1.54) is 37.4 Å². The van der Waals surface area contributed by atoms with Crippen LogP contribution in [0, 0.1) is 5.82 Å². The van der Waals surface area contributed by atoms with Crippen molar-refractivity contribution in [2.24, 2.45) is 0 Å². The number of benzene rings is 2. The van der Waals surface area contributed by atoms with Crippen LogP contribution in [0.2, 0.25) is 5.02 Å². The van der Waals surface area contributed by atoms with E-state index in [1.807, 2.05) is 0 Å². The number of carbonyl (C=O) groups is 2. The van der Waals surface area contributed by atoms with Crippen LogP contribution >= 0.6 is 11.6 Å². The molecule has 2 aromatic rings. The zero-order valence-electron chi connectivity index (χ0n) is 11.4. The van der Waals surface area contributed by atoms with E-state index in [0.717, 1.165) is 6.07 Å². The Morgan fingerprint density at radius 3 is 2.55 bits per heavy atom. The molecule has 0 saturated heterocycles. The van der Waals surface area contributed by atoms with E-state index in [9.17, 15) is 14.0 Å². The van der Waals surface area contributed by atoms with Gasteiger partial charge >= 0.3 is 5.97 Å². The van der Waals surface area contributed by atoms with E-state index in [0.29, 0.717) is 5.69 Å². The van der Waals surface area contributed by atoms with Gasteiger partial charge in [0.15, 0.2) is 11.6 Å². The number of carboxylic acids is 1. The second-order valence-electron chi connectivity index (χ2n) is 4.30. The largest absolute Gasteiger partial charge is 0.494 e. The summed E-state index contributed by atoms with van der Waals surface area (Å²) in [7, 11) is 1.30. The molecule has 0 aliphatic carbocycles. The molecule has 0 aliphatic rings. The highest BCUT2D eigenvalue weighted by molar-refractivity contribution is 6.33. The Labute approximate surface area is 130 Å². The summed E-state index contributed by atoms with van der Waals surface area (Å²) in [6.07, 6.45) is 0. The van der Waals surface area contributed by atoms with E-state index in [1.54, 1.807) is 0 Å². The summed E-state index contributed by atoms with van der Waals surface area (Å²) in [5.74, 6) is -2.29. The Morgan fingerprint density at radius 2 is 1.95 bits per heavy atom. The number of hydrogen-bond acceptors (Lipinski definition) is 3. The lowest BCUT2D eigenvalue weighted by Gasteiger charge is -2.08. The molecule has 0 bridgehead atoms. The molecule has 2 N–H and O–H groups in total. The SMILES string of the molecule is COc1cc(C(=O)Nc2ccc(C(=O)O)c(Cl)c2)ccc1F. The van der Waals surface area contributed by atoms with Crippen LogP contribution in [0.15, 0.2) is 36.4 Å². The first-order chi connectivity index (χ1) is 10.4. The number of rotatable bonds is 4. The molecule has 2 rings (SSSR count). The van der Waals surface area contributed by atoms with Gasteiger partial charge < -0.3 is 15.2 Å². The minimum absolute atomic E-state index is 0.00184. The van der Waals surface area contributed by atoms with E-state index in [-0.39, 0.29) is 21.9 Å². The fourth-order valence-electron chi connectivity index (χ4n) is 1.77. The van der Waals surface area contributed by atoms with Crippen LogP contribution in [0.5, 0.6) is 5.75 Å². The van der Waals surface area contributed by atoms with Crippen LogP contribution < -0.4 is 10.1 Å². The third-order valence-electron chi connectivity index (χ3n) is 2.87. The average molecular weight is 324 g/mol. The predicted molar refractivity (Wildman–Crippen MR) is 79.3 cm³/mol. The van der Waals surface area contributed by atoms with Gasteiger partial charge in [-0.25, -0.2) is 9.18 Å². The van der Waals surface area contributed by atoms with Crippen LogP contribution in [0.3, 0.4) is 0 Å². The van der Waals surface area contributed by atoms with Gasteiger partial charge in [-0.3, -0.25) is 4.79 Å². The quantitative estimate of drug-likeness (QED) is 0.903. The summed E-state index contributed by atoms with van der Waals surface area (Å²) in [5, 5.41) is 11.4. The molecule has 2 aromatic carbocycles. The molecule has 0 unspecified atom stereocenters. The number of halogens is 2. The summed E-state index contributed by atoms with van der Waals surface area (Å²) >= 11 is 5.82. The Morgan fingerprint density at radius 1 is 1.23 bits per heavy atom. The van der Waals surface area contributed by atoms with E-state index in [2.05, 4.69) is 5.32 Å². The van der Waals surface area contributed by atoms with Gasteiger partial charge in [0.05, 0.1) is 17.7 Å². The van der Waals surface area contributed by atoms with Crippen molar-refractivity contribution in [1.29, 1.82) is 0 Å². The number of anilines is 1. The maximum Gasteiger partial charge on any atom is 0.337 e. The second-order valence-corrected chi connectivity index (χ2v) is 4.71. The number of methoxy groups -OCH3 is 1. The van der Waals surface area contributed by atoms with Gasteiger partial charge in [0.25, 0.3) is 5.91 Å². The van der Waals surface area contributed by atoms with Gasteiger partial charge in [0.1, 0.15) is 0 Å². The van der Waals surface area contributed by atoms with Crippen molar-refractivity contribution < 1.29 is 23.8 Å². The van der Waals surface area contributed by atoms with Crippen LogP contribution in [0.4, 0.5) is 10.1 Å². The van der Waals surface area contributed by atoms with Gasteiger partial charge in [-0.1, -0.05) is 11.6 Å². The fraction of sp³-hybridized carbons (Fsp3) is 0.0667. The van der Waals surface area contributed by atoms with Crippen molar-refractivity contribution in [2.75, 3.05) is 12.4 Å². The number of amides is 1. The van der Waals surface area contributed by atoms with Crippen molar-refractivity contribution in [3.8, 4) is 5.75 Å². The molecular formula is C15H11ClFNO4. The number of ether oxygens (including phenoxy) is 1. The average Bonchev–Trinajstić information content (AvgIpc) is 2.47. The molecule has 0 aliphatic heterocycles. The van der Waals surface area contributed by atoms with E-state index in [4.69, 9.17) is 21.4 Å². The molecule has 0 radical (unpaired) electrons. The Balaban J connectivity index is 2.22. The van der Waals surface area contributed by atoms with E-state index >= 15 is 0 Å². The van der Waals surface area contributed by atoms with Crippen molar-refractivity contribution in [3.05, 3.63) is 58.4 Å². The summed E-state index contributed by atoms with van der Waals surface area (Å²) in [6, 6.07) is 7.70. The fourth-order valence-corrected chi connectivity index (χ4v) is 2.03. The van der Waals surface area contributed by atoms with Gasteiger partial charge in [0.2, 0.25) is 0 Å². The first kappa shape index (κ1) is 15.8. The molecule has 7 heteroatoms. The molecule has 0 heterocycles. The predicted octanol–water partition coefficient (Wildman–Crippen LogP) is 3.44. The second kappa shape index (κ2) is 6.44. The molecule has 0 aromatic heterocycles. The smallest absolute Gasteiger partial charge is 0.337 e. The lowest BCUT2D eigenvalue weighted by Crippen LogP contribution is -2.12. The highest BCUT2D eigenvalue weighted by Crippen LogP contribution is 2.23. The summed E-state index contributed by atoms with van der Waals surface area (Å²) in [4.78, 5) is 22.9. The summed E-state index contributed by atoms with van der Waals surface area (Å²) in [6.45, 7) is 0. The highest BCUT2D eigenvalue weighted by Gasteiger charge is 2.13. The minimum atomic E-state index is -1.16. The maximum absolute atomic E-state index is 13.3. The zero-order chi connectivity index (χ0) is 16.3. The van der Waals surface area contributed by atoms with Crippen LogP contribution in [0.1, 0.15) is 20.7 Å². The van der Waals surface area contributed by atoms with Crippen molar-refractivity contribution in [2.45, 2.75) is 0 Å². The lowest BCUT2D eigenvalue weighted by molar-refractivity contribution is 0.0697. The van der Waals surface area contributed by atoms with Crippen molar-refractivity contribution in [3.63, 3.8) is 0 Å². The summed E-state index contributed by atoms with van der Waals surface area (Å²) < 4.78 is 18.1. The first-order valence-electron chi connectivity index (χ1n) is 6.10. The molecule has 0 fully saturated rings. The van der Waals surface area contributed by atoms with Crippen molar-refractivity contribution >= 4 is 29.2 Å². The molecular weight excluding hydrogens is 313 g/mol. The van der Waals surface area contributed by atoms with Gasteiger partial charge in [-0.2, -0.15) is 0 Å². The van der Waals surface area contributed by atoms with Crippen LogP contribution in [0.25, 0.3) is 0 Å². The minimum Gasteiger partial charge on any atom is -0.494 e. The molecule has 0 spiro atoms. The highest BCUT2D eigenvalue weighted by atomic mass is 35.5. The molecule has 22 heavy (non-hydrogen) atoms. The number of carboxylic acid groups (broad SMARTS) is 1. The molecule has 1 amide bonds. The number of nitrogens with one attached hydrogen (secondary N) is 1. The van der Waals surface area contributed by atoms with Gasteiger partial charge in [0, 0.05) is 11.3 Å². The van der Waals surface area contributed by atoms with Crippen LogP contribution in [-0.2, 0) is 0 Å². The Hall–Kier alpha value is -2.60. The topological polar surface area (TPSA) is 75.6 Å². The third kappa shape index (κ3) is 3.35. The van der Waals surface area contributed by atoms with Crippen LogP contribution in [-0.4, -0.2) is 24.1 Å². The molecule has 0 saturated carbocycles. The number of carbonyl (C=O) groups excluding carboxylic acids is 1. The maximum atomic E-state index is 13.3.